The van der Waals surface area contributed by atoms with Crippen molar-refractivity contribution in [2.45, 2.75) is 0 Å². The van der Waals surface area contributed by atoms with Crippen LogP contribution in [0.15, 0.2) is 18.2 Å². The molecule has 0 aliphatic carbocycles. The maximum absolute atomic E-state index is 10.8. The molecule has 0 atom stereocenters. The second kappa shape index (κ2) is 5.56. The summed E-state index contributed by atoms with van der Waals surface area (Å²) >= 11 is 2.07. The number of ether oxygens (including phenoxy) is 2. The van der Waals surface area contributed by atoms with Gasteiger partial charge in [0.2, 0.25) is 0 Å². The molecule has 1 rings (SSSR count). The van der Waals surface area contributed by atoms with Gasteiger partial charge in [0.25, 0.3) is 0 Å². The normalized spacial score (nSPS) is 9.13. The summed E-state index contributed by atoms with van der Waals surface area (Å²) in [6.07, 6.45) is 0. The van der Waals surface area contributed by atoms with Crippen LogP contribution in [0.3, 0.4) is 0 Å². The first-order valence-corrected chi connectivity index (χ1v) is 5.14. The lowest BCUT2D eigenvalue weighted by molar-refractivity contribution is -0.142. The van der Waals surface area contributed by atoms with Crippen molar-refractivity contribution in [3.05, 3.63) is 27.3 Å². The molecule has 1 aromatic rings. The SMILES string of the molecule is COC(=O)COc1cc(C#N)ccc1I. The maximum Gasteiger partial charge on any atom is 0.343 e. The summed E-state index contributed by atoms with van der Waals surface area (Å²) < 4.78 is 10.5. The Morgan fingerprint density at radius 2 is 2.33 bits per heavy atom. The number of nitrogens with zero attached hydrogens (tertiary/aromatic N) is 1. The Hall–Kier alpha value is -1.29. The van der Waals surface area contributed by atoms with E-state index in [4.69, 9.17) is 10.00 Å². The fourth-order valence-electron chi connectivity index (χ4n) is 0.879. The van der Waals surface area contributed by atoms with Crippen molar-refractivity contribution in [1.29, 1.82) is 5.26 Å². The van der Waals surface area contributed by atoms with E-state index in [1.165, 1.54) is 7.11 Å². The smallest absolute Gasteiger partial charge is 0.343 e. The Balaban J connectivity index is 2.76. The molecule has 15 heavy (non-hydrogen) atoms. The molecule has 0 aromatic heterocycles. The number of halogens is 1. The predicted octanol–water partition coefficient (Wildman–Crippen LogP) is 1.71. The topological polar surface area (TPSA) is 59.3 Å². The molecular weight excluding hydrogens is 309 g/mol. The molecule has 0 amide bonds. The Morgan fingerprint density at radius 3 is 2.93 bits per heavy atom. The lowest BCUT2D eigenvalue weighted by Gasteiger charge is -2.06. The van der Waals surface area contributed by atoms with Crippen molar-refractivity contribution in [3.63, 3.8) is 0 Å². The van der Waals surface area contributed by atoms with Gasteiger partial charge in [0, 0.05) is 0 Å². The zero-order valence-electron chi connectivity index (χ0n) is 7.99. The van der Waals surface area contributed by atoms with Gasteiger partial charge >= 0.3 is 5.97 Å². The van der Waals surface area contributed by atoms with Gasteiger partial charge in [-0.3, -0.25) is 0 Å². The van der Waals surface area contributed by atoms with Crippen LogP contribution in [-0.4, -0.2) is 19.7 Å². The molecule has 0 unspecified atom stereocenters. The van der Waals surface area contributed by atoms with Gasteiger partial charge in [0.15, 0.2) is 6.61 Å². The van der Waals surface area contributed by atoms with Crippen LogP contribution in [0.2, 0.25) is 0 Å². The summed E-state index contributed by atoms with van der Waals surface area (Å²) in [5.41, 5.74) is 0.496. The van der Waals surface area contributed by atoms with E-state index in [0.29, 0.717) is 11.3 Å². The largest absolute Gasteiger partial charge is 0.481 e. The number of esters is 1. The molecule has 0 radical (unpaired) electrons. The van der Waals surface area contributed by atoms with Gasteiger partial charge in [-0.2, -0.15) is 5.26 Å². The highest BCUT2D eigenvalue weighted by Gasteiger charge is 2.06. The Kier molecular flexibility index (Phi) is 4.37. The molecule has 0 bridgehead atoms. The highest BCUT2D eigenvalue weighted by atomic mass is 127. The van der Waals surface area contributed by atoms with Crippen molar-refractivity contribution in [2.75, 3.05) is 13.7 Å². The van der Waals surface area contributed by atoms with Crippen molar-refractivity contribution in [1.82, 2.24) is 0 Å². The second-order valence-electron chi connectivity index (χ2n) is 2.62. The minimum absolute atomic E-state index is 0.151. The first-order valence-electron chi connectivity index (χ1n) is 4.06. The van der Waals surface area contributed by atoms with E-state index >= 15 is 0 Å². The zero-order valence-corrected chi connectivity index (χ0v) is 10.1. The number of nitriles is 1. The fourth-order valence-corrected chi connectivity index (χ4v) is 1.37. The van der Waals surface area contributed by atoms with Crippen LogP contribution in [0, 0.1) is 14.9 Å². The molecule has 78 valence electrons. The average Bonchev–Trinajstić information content (AvgIpc) is 2.27. The number of hydrogen-bond donors (Lipinski definition) is 0. The monoisotopic (exact) mass is 317 g/mol. The summed E-state index contributed by atoms with van der Waals surface area (Å²) in [4.78, 5) is 10.8. The summed E-state index contributed by atoms with van der Waals surface area (Å²) in [5, 5.41) is 8.68. The highest BCUT2D eigenvalue weighted by Crippen LogP contribution is 2.21. The molecule has 1 aromatic carbocycles. The third-order valence-corrected chi connectivity index (χ3v) is 2.52. The van der Waals surface area contributed by atoms with Crippen molar-refractivity contribution < 1.29 is 14.3 Å². The fraction of sp³-hybridized carbons (Fsp3) is 0.200. The average molecular weight is 317 g/mol. The summed E-state index contributed by atoms with van der Waals surface area (Å²) in [5.74, 6) is 0.0632. The molecular formula is C10H8INO3. The Bertz CT molecular complexity index is 412. The molecule has 0 saturated heterocycles. The van der Waals surface area contributed by atoms with Crippen molar-refractivity contribution >= 4 is 28.6 Å². The van der Waals surface area contributed by atoms with Crippen LogP contribution in [0.4, 0.5) is 0 Å². The van der Waals surface area contributed by atoms with Crippen molar-refractivity contribution in [2.24, 2.45) is 0 Å². The van der Waals surface area contributed by atoms with Crippen LogP contribution in [0.1, 0.15) is 5.56 Å². The molecule has 0 aliphatic rings. The summed E-state index contributed by atoms with van der Waals surface area (Å²) in [7, 11) is 1.29. The van der Waals surface area contributed by atoms with Crippen LogP contribution in [-0.2, 0) is 9.53 Å². The molecule has 0 fully saturated rings. The minimum atomic E-state index is -0.451. The van der Waals surface area contributed by atoms with Crippen LogP contribution >= 0.6 is 22.6 Å². The quantitative estimate of drug-likeness (QED) is 0.629. The second-order valence-corrected chi connectivity index (χ2v) is 3.78. The van der Waals surface area contributed by atoms with Gasteiger partial charge < -0.3 is 9.47 Å². The predicted molar refractivity (Wildman–Crippen MR) is 61.4 cm³/mol. The molecule has 0 aliphatic heterocycles. The van der Waals surface area contributed by atoms with E-state index in [9.17, 15) is 4.79 Å². The van der Waals surface area contributed by atoms with E-state index in [1.807, 2.05) is 6.07 Å². The van der Waals surface area contributed by atoms with Gasteiger partial charge in [-0.05, 0) is 40.8 Å². The standard InChI is InChI=1S/C10H8INO3/c1-14-10(13)6-15-9-4-7(5-12)2-3-8(9)11/h2-4H,6H2,1H3. The lowest BCUT2D eigenvalue weighted by Crippen LogP contribution is -2.13. The van der Waals surface area contributed by atoms with Gasteiger partial charge in [-0.1, -0.05) is 0 Å². The van der Waals surface area contributed by atoms with Gasteiger partial charge in [0.1, 0.15) is 5.75 Å². The maximum atomic E-state index is 10.8. The molecule has 5 heteroatoms. The number of carbonyl (C=O) groups excluding carboxylic acids is 1. The number of benzene rings is 1. The first kappa shape index (κ1) is 11.8. The molecule has 0 N–H and O–H groups in total. The van der Waals surface area contributed by atoms with E-state index in [2.05, 4.69) is 27.3 Å². The van der Waals surface area contributed by atoms with Crippen LogP contribution < -0.4 is 4.74 Å². The third-order valence-electron chi connectivity index (χ3n) is 1.63. The zero-order chi connectivity index (χ0) is 11.3. The highest BCUT2D eigenvalue weighted by molar-refractivity contribution is 14.1. The first-order chi connectivity index (χ1) is 7.17. The minimum Gasteiger partial charge on any atom is -0.481 e. The molecule has 0 spiro atoms. The summed E-state index contributed by atoms with van der Waals surface area (Å²) in [6.45, 7) is -0.151. The molecule has 0 saturated carbocycles. The van der Waals surface area contributed by atoms with Gasteiger partial charge in [-0.15, -0.1) is 0 Å². The van der Waals surface area contributed by atoms with E-state index in [1.54, 1.807) is 18.2 Å². The molecule has 4 nitrogen and oxygen atoms in total. The number of carbonyl (C=O) groups is 1. The summed E-state index contributed by atoms with van der Waals surface area (Å²) in [6, 6.07) is 7.03. The van der Waals surface area contributed by atoms with Crippen LogP contribution in [0.5, 0.6) is 5.75 Å². The van der Waals surface area contributed by atoms with E-state index in [-0.39, 0.29) is 6.61 Å². The number of hydrogen-bond acceptors (Lipinski definition) is 4. The number of methoxy groups -OCH3 is 1. The van der Waals surface area contributed by atoms with Gasteiger partial charge in [-0.25, -0.2) is 4.79 Å². The van der Waals surface area contributed by atoms with Gasteiger partial charge in [0.05, 0.1) is 22.3 Å². The van der Waals surface area contributed by atoms with Crippen LogP contribution in [0.25, 0.3) is 0 Å². The van der Waals surface area contributed by atoms with E-state index < -0.39 is 5.97 Å². The number of rotatable bonds is 3. The third kappa shape index (κ3) is 3.40. The lowest BCUT2D eigenvalue weighted by atomic mass is 10.2. The van der Waals surface area contributed by atoms with Crippen molar-refractivity contribution in [3.8, 4) is 11.8 Å². The van der Waals surface area contributed by atoms with E-state index in [0.717, 1.165) is 3.57 Å². The Morgan fingerprint density at radius 1 is 1.60 bits per heavy atom. The molecule has 0 heterocycles. The Labute approximate surface area is 101 Å².